The Morgan fingerprint density at radius 2 is 2.22 bits per heavy atom. The van der Waals surface area contributed by atoms with Crippen LogP contribution < -0.4 is 5.32 Å². The first-order valence-electron chi connectivity index (χ1n) is 3.63. The van der Waals surface area contributed by atoms with Gasteiger partial charge in [0.05, 0.1) is 19.2 Å². The number of quaternary nitrogens is 1. The average Bonchev–Trinajstić information content (AvgIpc) is 1.77. The topological polar surface area (TPSA) is 36.8 Å². The van der Waals surface area contributed by atoms with Gasteiger partial charge in [0.15, 0.2) is 0 Å². The van der Waals surface area contributed by atoms with Crippen LogP contribution in [-0.2, 0) is 0 Å². The van der Waals surface area contributed by atoms with Crippen molar-refractivity contribution in [1.29, 1.82) is 0 Å². The number of piperidine rings is 1. The Balaban J connectivity index is 2.49. The monoisotopic (exact) mass is 130 g/mol. The summed E-state index contributed by atoms with van der Waals surface area (Å²) in [6.45, 7) is 6.39. The highest BCUT2D eigenvalue weighted by Crippen LogP contribution is 2.21. The van der Waals surface area contributed by atoms with E-state index in [-0.39, 0.29) is 11.5 Å². The smallest absolute Gasteiger partial charge is 0.0832 e. The maximum absolute atomic E-state index is 9.42. The molecule has 1 aliphatic rings. The quantitative estimate of drug-likeness (QED) is 0.449. The fourth-order valence-corrected chi connectivity index (χ4v) is 1.28. The van der Waals surface area contributed by atoms with Crippen molar-refractivity contribution in [3.8, 4) is 0 Å². The van der Waals surface area contributed by atoms with Crippen LogP contribution in [-0.4, -0.2) is 24.3 Å². The molecule has 1 atom stereocenters. The first-order chi connectivity index (χ1) is 4.13. The zero-order valence-corrected chi connectivity index (χ0v) is 6.22. The van der Waals surface area contributed by atoms with Crippen LogP contribution in [0.5, 0.6) is 0 Å². The predicted octanol–water partition coefficient (Wildman–Crippen LogP) is -0.659. The Bertz CT molecular complexity index is 101. The van der Waals surface area contributed by atoms with Crippen molar-refractivity contribution in [2.24, 2.45) is 5.41 Å². The highest BCUT2D eigenvalue weighted by molar-refractivity contribution is 4.78. The third-order valence-corrected chi connectivity index (χ3v) is 2.22. The lowest BCUT2D eigenvalue weighted by atomic mass is 9.82. The number of rotatable bonds is 0. The van der Waals surface area contributed by atoms with Crippen LogP contribution >= 0.6 is 0 Å². The molecule has 2 heteroatoms. The fraction of sp³-hybridized carbons (Fsp3) is 1.00. The van der Waals surface area contributed by atoms with E-state index in [9.17, 15) is 5.11 Å². The first kappa shape index (κ1) is 7.03. The van der Waals surface area contributed by atoms with Crippen molar-refractivity contribution >= 4 is 0 Å². The van der Waals surface area contributed by atoms with Crippen molar-refractivity contribution in [3.05, 3.63) is 0 Å². The van der Waals surface area contributed by atoms with Crippen LogP contribution in [0.3, 0.4) is 0 Å². The number of hydrogen-bond acceptors (Lipinski definition) is 1. The number of aliphatic hydroxyl groups is 1. The number of aliphatic hydroxyl groups excluding tert-OH is 1. The van der Waals surface area contributed by atoms with E-state index in [4.69, 9.17) is 0 Å². The molecule has 0 saturated carbocycles. The maximum atomic E-state index is 9.42. The fourth-order valence-electron chi connectivity index (χ4n) is 1.28. The Morgan fingerprint density at radius 1 is 1.56 bits per heavy atom. The van der Waals surface area contributed by atoms with Gasteiger partial charge in [-0.3, -0.25) is 0 Å². The molecular formula is C7H16NO+. The van der Waals surface area contributed by atoms with Crippen molar-refractivity contribution in [1.82, 2.24) is 0 Å². The van der Waals surface area contributed by atoms with Gasteiger partial charge in [-0.1, -0.05) is 13.8 Å². The molecule has 1 heterocycles. The normalized spacial score (nSPS) is 34.3. The molecule has 1 aliphatic heterocycles. The standard InChI is InChI=1S/C7H15NO/c1-7(2)5-8-4-3-6(7)9/h6,8-9H,3-5H2,1-2H3/p+1/t6-/m1/s1. The SMILES string of the molecule is CC1(C)C[NH2+]CC[C@H]1O. The molecule has 54 valence electrons. The van der Waals surface area contributed by atoms with E-state index in [0.29, 0.717) is 0 Å². The molecule has 0 aromatic rings. The van der Waals surface area contributed by atoms with E-state index in [2.05, 4.69) is 19.2 Å². The summed E-state index contributed by atoms with van der Waals surface area (Å²) < 4.78 is 0. The molecule has 0 aliphatic carbocycles. The van der Waals surface area contributed by atoms with Gasteiger partial charge >= 0.3 is 0 Å². The second-order valence-electron chi connectivity index (χ2n) is 3.57. The Labute approximate surface area is 56.3 Å². The third kappa shape index (κ3) is 1.43. The zero-order valence-electron chi connectivity index (χ0n) is 6.22. The van der Waals surface area contributed by atoms with Crippen molar-refractivity contribution in [2.75, 3.05) is 13.1 Å². The summed E-state index contributed by atoms with van der Waals surface area (Å²) >= 11 is 0. The van der Waals surface area contributed by atoms with Crippen LogP contribution in [0.4, 0.5) is 0 Å². The molecular weight excluding hydrogens is 114 g/mol. The Morgan fingerprint density at radius 3 is 2.56 bits per heavy atom. The largest absolute Gasteiger partial charge is 0.392 e. The third-order valence-electron chi connectivity index (χ3n) is 2.22. The second kappa shape index (κ2) is 2.27. The van der Waals surface area contributed by atoms with Crippen LogP contribution in [0.2, 0.25) is 0 Å². The summed E-state index contributed by atoms with van der Waals surface area (Å²) in [7, 11) is 0. The van der Waals surface area contributed by atoms with Crippen LogP contribution in [0.25, 0.3) is 0 Å². The molecule has 1 saturated heterocycles. The minimum atomic E-state index is -0.0810. The Hall–Kier alpha value is -0.0800. The lowest BCUT2D eigenvalue weighted by Crippen LogP contribution is -2.90. The van der Waals surface area contributed by atoms with Crippen molar-refractivity contribution < 1.29 is 10.4 Å². The van der Waals surface area contributed by atoms with Gasteiger partial charge in [-0.05, 0) is 0 Å². The number of hydrogen-bond donors (Lipinski definition) is 2. The van der Waals surface area contributed by atoms with E-state index >= 15 is 0 Å². The molecule has 0 radical (unpaired) electrons. The molecule has 0 amide bonds. The molecule has 1 fully saturated rings. The van der Waals surface area contributed by atoms with E-state index in [1.807, 2.05) is 0 Å². The summed E-state index contributed by atoms with van der Waals surface area (Å²) in [4.78, 5) is 0. The van der Waals surface area contributed by atoms with Gasteiger partial charge in [0.25, 0.3) is 0 Å². The highest BCUT2D eigenvalue weighted by Gasteiger charge is 2.32. The second-order valence-corrected chi connectivity index (χ2v) is 3.57. The molecule has 0 bridgehead atoms. The van der Waals surface area contributed by atoms with Gasteiger partial charge < -0.3 is 10.4 Å². The van der Waals surface area contributed by atoms with Gasteiger partial charge in [-0.15, -0.1) is 0 Å². The summed E-state index contributed by atoms with van der Waals surface area (Å²) in [5, 5.41) is 11.7. The highest BCUT2D eigenvalue weighted by atomic mass is 16.3. The van der Waals surface area contributed by atoms with E-state index < -0.39 is 0 Å². The summed E-state index contributed by atoms with van der Waals surface area (Å²) in [6.07, 6.45) is 0.870. The lowest BCUT2D eigenvalue weighted by molar-refractivity contribution is -0.678. The predicted molar refractivity (Wildman–Crippen MR) is 36.1 cm³/mol. The van der Waals surface area contributed by atoms with Crippen LogP contribution in [0.15, 0.2) is 0 Å². The van der Waals surface area contributed by atoms with E-state index in [1.165, 1.54) is 0 Å². The summed E-state index contributed by atoms with van der Waals surface area (Å²) in [5.41, 5.74) is 0.137. The van der Waals surface area contributed by atoms with Gasteiger partial charge in [-0.25, -0.2) is 0 Å². The summed E-state index contributed by atoms with van der Waals surface area (Å²) in [5.74, 6) is 0. The lowest BCUT2D eigenvalue weighted by Gasteiger charge is -2.32. The van der Waals surface area contributed by atoms with Gasteiger partial charge in [-0.2, -0.15) is 0 Å². The van der Waals surface area contributed by atoms with Crippen LogP contribution in [0.1, 0.15) is 20.3 Å². The molecule has 9 heavy (non-hydrogen) atoms. The molecule has 0 aromatic heterocycles. The molecule has 0 aromatic carbocycles. The van der Waals surface area contributed by atoms with E-state index in [0.717, 1.165) is 19.5 Å². The van der Waals surface area contributed by atoms with Gasteiger partial charge in [0, 0.05) is 11.8 Å². The Kier molecular flexibility index (Phi) is 1.78. The van der Waals surface area contributed by atoms with Crippen molar-refractivity contribution in [3.63, 3.8) is 0 Å². The average molecular weight is 130 g/mol. The molecule has 0 spiro atoms. The minimum absolute atomic E-state index is 0.0810. The molecule has 2 nitrogen and oxygen atoms in total. The summed E-state index contributed by atoms with van der Waals surface area (Å²) in [6, 6.07) is 0. The van der Waals surface area contributed by atoms with Crippen molar-refractivity contribution in [2.45, 2.75) is 26.4 Å². The maximum Gasteiger partial charge on any atom is 0.0832 e. The van der Waals surface area contributed by atoms with Gasteiger partial charge in [0.1, 0.15) is 0 Å². The molecule has 1 rings (SSSR count). The van der Waals surface area contributed by atoms with E-state index in [1.54, 1.807) is 0 Å². The zero-order chi connectivity index (χ0) is 6.91. The van der Waals surface area contributed by atoms with Crippen LogP contribution in [0, 0.1) is 5.41 Å². The molecule has 3 N–H and O–H groups in total. The number of nitrogens with two attached hydrogens (primary N) is 1. The minimum Gasteiger partial charge on any atom is -0.392 e. The molecule has 0 unspecified atom stereocenters. The first-order valence-corrected chi connectivity index (χ1v) is 3.63. The van der Waals surface area contributed by atoms with Gasteiger partial charge in [0.2, 0.25) is 0 Å².